The summed E-state index contributed by atoms with van der Waals surface area (Å²) in [6.45, 7) is 1.01. The molecule has 0 aliphatic rings. The molecule has 1 aromatic carbocycles. The second kappa shape index (κ2) is 11.4. The van der Waals surface area contributed by atoms with Crippen LogP contribution in [0.3, 0.4) is 0 Å². The van der Waals surface area contributed by atoms with E-state index in [0.717, 1.165) is 32.2 Å². The van der Waals surface area contributed by atoms with Gasteiger partial charge in [0.05, 0.1) is 27.8 Å². The lowest BCUT2D eigenvalue weighted by Crippen LogP contribution is -2.21. The van der Waals surface area contributed by atoms with Crippen LogP contribution in [0.2, 0.25) is 0 Å². The molecule has 14 heteroatoms. The Kier molecular flexibility index (Phi) is 8.95. The van der Waals surface area contributed by atoms with Gasteiger partial charge in [0.25, 0.3) is 10.2 Å². The van der Waals surface area contributed by atoms with E-state index < -0.39 is 34.6 Å². The SMILES string of the molecule is Cc1ncsc1CC(=O)Oc1ccccc1SSC(CO[N+](=O)[O-])CO[N+](=O)[O-]. The van der Waals surface area contributed by atoms with Crippen molar-refractivity contribution < 1.29 is 29.4 Å². The van der Waals surface area contributed by atoms with Crippen molar-refractivity contribution in [2.75, 3.05) is 13.2 Å². The van der Waals surface area contributed by atoms with Crippen LogP contribution in [-0.2, 0) is 20.9 Å². The number of nitrogens with zero attached hydrogens (tertiary/aromatic N) is 3. The van der Waals surface area contributed by atoms with E-state index in [2.05, 4.69) is 14.7 Å². The molecule has 156 valence electrons. The summed E-state index contributed by atoms with van der Waals surface area (Å²) in [7, 11) is 2.20. The number of hydrogen-bond acceptors (Lipinski definition) is 12. The van der Waals surface area contributed by atoms with Crippen LogP contribution >= 0.6 is 32.9 Å². The second-order valence-corrected chi connectivity index (χ2v) is 8.78. The summed E-state index contributed by atoms with van der Waals surface area (Å²) >= 11 is 1.36. The van der Waals surface area contributed by atoms with Gasteiger partial charge >= 0.3 is 5.97 Å². The first-order valence-corrected chi connectivity index (χ1v) is 11.0. The van der Waals surface area contributed by atoms with Crippen LogP contribution in [0.15, 0.2) is 34.7 Å². The molecule has 0 saturated heterocycles. The molecule has 2 aromatic rings. The molecule has 29 heavy (non-hydrogen) atoms. The molecule has 11 nitrogen and oxygen atoms in total. The molecule has 0 N–H and O–H groups in total. The van der Waals surface area contributed by atoms with Gasteiger partial charge in [-0.05, 0) is 19.1 Å². The lowest BCUT2D eigenvalue weighted by Gasteiger charge is -2.14. The zero-order chi connectivity index (χ0) is 21.2. The quantitative estimate of drug-likeness (QED) is 0.151. The van der Waals surface area contributed by atoms with E-state index in [4.69, 9.17) is 4.74 Å². The number of hydrogen-bond donors (Lipinski definition) is 0. The first kappa shape index (κ1) is 22.7. The highest BCUT2D eigenvalue weighted by Gasteiger charge is 2.18. The summed E-state index contributed by atoms with van der Waals surface area (Å²) in [6.07, 6.45) is 0.0820. The Bertz CT molecular complexity index is 845. The van der Waals surface area contributed by atoms with Crippen molar-refractivity contribution in [1.29, 1.82) is 0 Å². The van der Waals surface area contributed by atoms with E-state index in [1.54, 1.807) is 36.7 Å². The van der Waals surface area contributed by atoms with Crippen molar-refractivity contribution >= 4 is 38.9 Å². The Morgan fingerprint density at radius 3 is 2.45 bits per heavy atom. The number of aromatic nitrogens is 1. The normalized spacial score (nSPS) is 10.6. The van der Waals surface area contributed by atoms with Crippen LogP contribution in [0.1, 0.15) is 10.6 Å². The van der Waals surface area contributed by atoms with Crippen LogP contribution < -0.4 is 4.74 Å². The zero-order valence-electron chi connectivity index (χ0n) is 14.9. The summed E-state index contributed by atoms with van der Waals surface area (Å²) < 4.78 is 5.43. The van der Waals surface area contributed by atoms with Crippen LogP contribution in [0.25, 0.3) is 0 Å². The summed E-state index contributed by atoms with van der Waals surface area (Å²) in [5, 5.41) is 18.1. The second-order valence-electron chi connectivity index (χ2n) is 5.30. The fourth-order valence-electron chi connectivity index (χ4n) is 1.90. The Labute approximate surface area is 176 Å². The van der Waals surface area contributed by atoms with E-state index in [1.807, 2.05) is 0 Å². The van der Waals surface area contributed by atoms with E-state index in [1.165, 1.54) is 11.3 Å². The Morgan fingerprint density at radius 2 is 1.86 bits per heavy atom. The fourth-order valence-corrected chi connectivity index (χ4v) is 4.93. The highest BCUT2D eigenvalue weighted by molar-refractivity contribution is 8.77. The first-order valence-electron chi connectivity index (χ1n) is 7.91. The van der Waals surface area contributed by atoms with Crippen molar-refractivity contribution in [2.24, 2.45) is 0 Å². The molecule has 0 fully saturated rings. The van der Waals surface area contributed by atoms with Crippen molar-refractivity contribution in [3.63, 3.8) is 0 Å². The van der Waals surface area contributed by atoms with Crippen LogP contribution in [-0.4, -0.2) is 39.6 Å². The van der Waals surface area contributed by atoms with E-state index in [-0.39, 0.29) is 6.42 Å². The Balaban J connectivity index is 1.98. The number of ether oxygens (including phenoxy) is 1. The summed E-state index contributed by atoms with van der Waals surface area (Å²) in [6, 6.07) is 6.72. The van der Waals surface area contributed by atoms with Gasteiger partial charge in [-0.1, -0.05) is 33.7 Å². The average Bonchev–Trinajstić information content (AvgIpc) is 3.06. The molecule has 2 rings (SSSR count). The summed E-state index contributed by atoms with van der Waals surface area (Å²) in [4.78, 5) is 47.0. The standard InChI is InChI=1S/C15H15N3O8S3/c1-10-14(27-9-16-10)6-15(19)26-12-4-2-3-5-13(12)29-28-11(7-24-17(20)21)8-25-18(22)23/h2-5,9,11H,6-8H2,1H3. The molecule has 0 saturated carbocycles. The van der Waals surface area contributed by atoms with E-state index >= 15 is 0 Å². The lowest BCUT2D eigenvalue weighted by molar-refractivity contribution is -0.765. The smallest absolute Gasteiger partial charge is 0.316 e. The molecule has 0 unspecified atom stereocenters. The maximum atomic E-state index is 12.2. The van der Waals surface area contributed by atoms with E-state index in [9.17, 15) is 25.0 Å². The van der Waals surface area contributed by atoms with E-state index in [0.29, 0.717) is 10.6 Å². The van der Waals surface area contributed by atoms with Crippen molar-refractivity contribution in [3.8, 4) is 5.75 Å². The average molecular weight is 461 g/mol. The molecule has 0 atom stereocenters. The highest BCUT2D eigenvalue weighted by atomic mass is 33.1. The minimum Gasteiger partial charge on any atom is -0.425 e. The summed E-state index contributed by atoms with van der Waals surface area (Å²) in [5.74, 6) is -0.151. The number of carbonyl (C=O) groups is 1. The molecule has 0 radical (unpaired) electrons. The molecule has 0 bridgehead atoms. The van der Waals surface area contributed by atoms with Gasteiger partial charge in [-0.3, -0.25) is 4.79 Å². The molecule has 0 amide bonds. The van der Waals surface area contributed by atoms with Gasteiger partial charge in [-0.15, -0.1) is 31.6 Å². The molecular weight excluding hydrogens is 446 g/mol. The maximum absolute atomic E-state index is 12.2. The molecular formula is C15H15N3O8S3. The number of rotatable bonds is 12. The largest absolute Gasteiger partial charge is 0.425 e. The Hall–Kier alpha value is -2.58. The molecule has 1 heterocycles. The molecule has 0 aliphatic heterocycles. The predicted molar refractivity (Wildman–Crippen MR) is 106 cm³/mol. The van der Waals surface area contributed by atoms with Gasteiger partial charge in [0.15, 0.2) is 0 Å². The minimum absolute atomic E-state index is 0.0820. The highest BCUT2D eigenvalue weighted by Crippen LogP contribution is 2.40. The topological polar surface area (TPSA) is 144 Å². The maximum Gasteiger partial charge on any atom is 0.316 e. The number of carbonyl (C=O) groups excluding carboxylic acids is 1. The molecule has 0 spiro atoms. The van der Waals surface area contributed by atoms with Gasteiger partial charge in [-0.2, -0.15) is 0 Å². The monoisotopic (exact) mass is 461 g/mol. The van der Waals surface area contributed by atoms with Crippen LogP contribution in [0.4, 0.5) is 0 Å². The van der Waals surface area contributed by atoms with Gasteiger partial charge in [-0.25, -0.2) is 4.98 Å². The third-order valence-electron chi connectivity index (χ3n) is 3.23. The van der Waals surface area contributed by atoms with Gasteiger partial charge in [0, 0.05) is 4.88 Å². The number of para-hydroxylation sites is 1. The lowest BCUT2D eigenvalue weighted by atomic mass is 10.3. The molecule has 0 aliphatic carbocycles. The first-order chi connectivity index (χ1) is 13.8. The third kappa shape index (κ3) is 8.13. The van der Waals surface area contributed by atoms with Gasteiger partial charge in [0.1, 0.15) is 19.0 Å². The fraction of sp³-hybridized carbons (Fsp3) is 0.333. The molecule has 1 aromatic heterocycles. The van der Waals surface area contributed by atoms with Gasteiger partial charge in [0.2, 0.25) is 0 Å². The summed E-state index contributed by atoms with van der Waals surface area (Å²) in [5.41, 5.74) is 2.42. The third-order valence-corrected chi connectivity index (χ3v) is 6.96. The number of aryl methyl sites for hydroxylation is 1. The van der Waals surface area contributed by atoms with Crippen molar-refractivity contribution in [3.05, 3.63) is 60.6 Å². The Morgan fingerprint density at radius 1 is 1.21 bits per heavy atom. The van der Waals surface area contributed by atoms with Crippen LogP contribution in [0, 0.1) is 27.2 Å². The predicted octanol–water partition coefficient (Wildman–Crippen LogP) is 3.13. The van der Waals surface area contributed by atoms with Crippen molar-refractivity contribution in [2.45, 2.75) is 23.5 Å². The zero-order valence-corrected chi connectivity index (χ0v) is 17.4. The van der Waals surface area contributed by atoms with Crippen LogP contribution in [0.5, 0.6) is 5.75 Å². The number of thiazole rings is 1. The number of esters is 1. The van der Waals surface area contributed by atoms with Crippen molar-refractivity contribution in [1.82, 2.24) is 4.98 Å². The number of benzene rings is 1. The minimum atomic E-state index is -0.985. The van der Waals surface area contributed by atoms with Gasteiger partial charge < -0.3 is 14.4 Å².